The van der Waals surface area contributed by atoms with E-state index in [4.69, 9.17) is 13.9 Å². The molecule has 4 rings (SSSR count). The van der Waals surface area contributed by atoms with Crippen molar-refractivity contribution in [3.05, 3.63) is 83.6 Å². The first-order valence-electron chi connectivity index (χ1n) is 8.63. The maximum Gasteiger partial charge on any atom is 0.231 e. The number of carbonyl (C=O) groups excluding carboxylic acids is 1. The van der Waals surface area contributed by atoms with Crippen LogP contribution in [0.5, 0.6) is 11.5 Å². The first-order chi connectivity index (χ1) is 13.2. The number of nitrogens with one attached hydrogen (secondary N) is 1. The molecule has 1 aromatic heterocycles. The lowest BCUT2D eigenvalue weighted by Crippen LogP contribution is -2.30. The van der Waals surface area contributed by atoms with Crippen LogP contribution < -0.4 is 14.8 Å². The lowest BCUT2D eigenvalue weighted by atomic mass is 9.93. The highest BCUT2D eigenvalue weighted by atomic mass is 19.1. The zero-order valence-corrected chi connectivity index (χ0v) is 14.5. The Hall–Kier alpha value is -3.28. The van der Waals surface area contributed by atoms with Crippen LogP contribution in [0.3, 0.4) is 0 Å². The molecule has 5 nitrogen and oxygen atoms in total. The molecule has 0 radical (unpaired) electrons. The molecule has 0 saturated heterocycles. The van der Waals surface area contributed by atoms with E-state index in [1.54, 1.807) is 24.5 Å². The number of benzene rings is 2. The van der Waals surface area contributed by atoms with E-state index in [1.807, 2.05) is 24.3 Å². The highest BCUT2D eigenvalue weighted by Crippen LogP contribution is 2.32. The minimum Gasteiger partial charge on any atom is -0.469 e. The smallest absolute Gasteiger partial charge is 0.231 e. The van der Waals surface area contributed by atoms with Gasteiger partial charge in [0, 0.05) is 13.0 Å². The van der Waals surface area contributed by atoms with Crippen molar-refractivity contribution in [2.45, 2.75) is 18.9 Å². The molecule has 3 aromatic rings. The Bertz CT molecular complexity index is 922. The maximum absolute atomic E-state index is 13.3. The average Bonchev–Trinajstić information content (AvgIpc) is 3.36. The molecule has 0 aliphatic carbocycles. The van der Waals surface area contributed by atoms with Crippen LogP contribution in [0.15, 0.2) is 65.3 Å². The van der Waals surface area contributed by atoms with Crippen LogP contribution in [0.1, 0.15) is 22.8 Å². The summed E-state index contributed by atoms with van der Waals surface area (Å²) in [4.78, 5) is 12.9. The van der Waals surface area contributed by atoms with Crippen LogP contribution in [-0.2, 0) is 17.8 Å². The molecule has 0 saturated carbocycles. The second-order valence-corrected chi connectivity index (χ2v) is 6.29. The van der Waals surface area contributed by atoms with Gasteiger partial charge in [0.25, 0.3) is 0 Å². The molecule has 1 N–H and O–H groups in total. The van der Waals surface area contributed by atoms with Gasteiger partial charge in [-0.2, -0.15) is 0 Å². The highest BCUT2D eigenvalue weighted by molar-refractivity contribution is 5.83. The Kier molecular flexibility index (Phi) is 4.78. The minimum atomic E-state index is -0.481. The van der Waals surface area contributed by atoms with Gasteiger partial charge in [-0.1, -0.05) is 18.2 Å². The fraction of sp³-hybridized carbons (Fsp3) is 0.190. The molecule has 1 amide bonds. The zero-order chi connectivity index (χ0) is 18.6. The summed E-state index contributed by atoms with van der Waals surface area (Å²) in [5.41, 5.74) is 1.64. The Morgan fingerprint density at radius 2 is 1.89 bits per heavy atom. The van der Waals surface area contributed by atoms with Gasteiger partial charge >= 0.3 is 0 Å². The summed E-state index contributed by atoms with van der Waals surface area (Å²) in [6.45, 7) is 0.562. The number of amides is 1. The third-order valence-corrected chi connectivity index (χ3v) is 4.48. The molecule has 0 spiro atoms. The molecule has 27 heavy (non-hydrogen) atoms. The normalized spacial score (nSPS) is 13.4. The predicted molar refractivity (Wildman–Crippen MR) is 96.0 cm³/mol. The summed E-state index contributed by atoms with van der Waals surface area (Å²) in [7, 11) is 0. The summed E-state index contributed by atoms with van der Waals surface area (Å²) >= 11 is 0. The van der Waals surface area contributed by atoms with Gasteiger partial charge in [0.15, 0.2) is 11.5 Å². The van der Waals surface area contributed by atoms with E-state index >= 15 is 0 Å². The monoisotopic (exact) mass is 367 g/mol. The fourth-order valence-corrected chi connectivity index (χ4v) is 3.05. The van der Waals surface area contributed by atoms with Gasteiger partial charge in [0.05, 0.1) is 12.2 Å². The van der Waals surface area contributed by atoms with Gasteiger partial charge in [-0.25, -0.2) is 4.39 Å². The van der Waals surface area contributed by atoms with Crippen molar-refractivity contribution in [2.75, 3.05) is 6.79 Å². The topological polar surface area (TPSA) is 60.7 Å². The number of hydrogen-bond donors (Lipinski definition) is 1. The van der Waals surface area contributed by atoms with E-state index in [1.165, 1.54) is 12.1 Å². The summed E-state index contributed by atoms with van der Waals surface area (Å²) in [6, 6.07) is 15.1. The predicted octanol–water partition coefficient (Wildman–Crippen LogP) is 3.79. The summed E-state index contributed by atoms with van der Waals surface area (Å²) in [5.74, 6) is 1.10. The maximum atomic E-state index is 13.3. The van der Waals surface area contributed by atoms with Gasteiger partial charge in [-0.05, 0) is 47.5 Å². The largest absolute Gasteiger partial charge is 0.469 e. The second kappa shape index (κ2) is 7.53. The van der Waals surface area contributed by atoms with Gasteiger partial charge < -0.3 is 19.2 Å². The van der Waals surface area contributed by atoms with Crippen molar-refractivity contribution >= 4 is 5.91 Å². The van der Waals surface area contributed by atoms with E-state index < -0.39 is 5.92 Å². The molecule has 0 fully saturated rings. The van der Waals surface area contributed by atoms with Crippen LogP contribution in [0, 0.1) is 5.82 Å². The average molecular weight is 367 g/mol. The Morgan fingerprint density at radius 1 is 1.07 bits per heavy atom. The number of rotatable bonds is 6. The standard InChI is InChI=1S/C21H18FNO4/c22-16-6-4-15(5-7-16)18(11-17-2-1-9-25-17)21(24)23-12-14-3-8-19-20(10-14)27-13-26-19/h1-10,18H,11-13H2,(H,23,24). The molecule has 1 atom stereocenters. The lowest BCUT2D eigenvalue weighted by Gasteiger charge is -2.16. The van der Waals surface area contributed by atoms with Crippen LogP contribution in [-0.4, -0.2) is 12.7 Å². The summed E-state index contributed by atoms with van der Waals surface area (Å²) < 4.78 is 29.3. The molecule has 1 unspecified atom stereocenters. The summed E-state index contributed by atoms with van der Waals surface area (Å²) in [5, 5.41) is 2.95. The van der Waals surface area contributed by atoms with Crippen LogP contribution in [0.25, 0.3) is 0 Å². The van der Waals surface area contributed by atoms with Crippen LogP contribution >= 0.6 is 0 Å². The molecule has 138 valence electrons. The molecule has 0 bridgehead atoms. The Balaban J connectivity index is 1.48. The Labute approximate surface area is 155 Å². The fourth-order valence-electron chi connectivity index (χ4n) is 3.05. The number of carbonyl (C=O) groups is 1. The minimum absolute atomic E-state index is 0.157. The van der Waals surface area contributed by atoms with Crippen molar-refractivity contribution in [2.24, 2.45) is 0 Å². The van der Waals surface area contributed by atoms with Crippen molar-refractivity contribution < 1.29 is 23.1 Å². The summed E-state index contributed by atoms with van der Waals surface area (Å²) in [6.07, 6.45) is 1.97. The zero-order valence-electron chi connectivity index (χ0n) is 14.5. The van der Waals surface area contributed by atoms with Crippen molar-refractivity contribution in [3.63, 3.8) is 0 Å². The molecular formula is C21H18FNO4. The first kappa shape index (κ1) is 17.1. The van der Waals surface area contributed by atoms with Gasteiger partial charge in [0.2, 0.25) is 12.7 Å². The van der Waals surface area contributed by atoms with Crippen molar-refractivity contribution in [1.29, 1.82) is 0 Å². The van der Waals surface area contributed by atoms with E-state index in [2.05, 4.69) is 5.32 Å². The lowest BCUT2D eigenvalue weighted by molar-refractivity contribution is -0.122. The molecule has 2 heterocycles. The number of fused-ring (bicyclic) bond motifs is 1. The van der Waals surface area contributed by atoms with E-state index in [-0.39, 0.29) is 18.5 Å². The van der Waals surface area contributed by atoms with Gasteiger partial charge in [0.1, 0.15) is 11.6 Å². The SMILES string of the molecule is O=C(NCc1ccc2c(c1)OCO2)C(Cc1ccco1)c1ccc(F)cc1. The van der Waals surface area contributed by atoms with Gasteiger partial charge in [-0.3, -0.25) is 4.79 Å². The van der Waals surface area contributed by atoms with Crippen LogP contribution in [0.2, 0.25) is 0 Å². The molecule has 1 aliphatic rings. The molecule has 1 aliphatic heterocycles. The number of hydrogen-bond acceptors (Lipinski definition) is 4. The van der Waals surface area contributed by atoms with E-state index in [0.717, 1.165) is 11.1 Å². The number of halogens is 1. The number of ether oxygens (including phenoxy) is 2. The van der Waals surface area contributed by atoms with Gasteiger partial charge in [-0.15, -0.1) is 0 Å². The number of furan rings is 1. The molecule has 2 aromatic carbocycles. The second-order valence-electron chi connectivity index (χ2n) is 6.29. The first-order valence-corrected chi connectivity index (χ1v) is 8.63. The third kappa shape index (κ3) is 3.95. The molecule has 6 heteroatoms. The van der Waals surface area contributed by atoms with E-state index in [9.17, 15) is 9.18 Å². The molecular weight excluding hydrogens is 349 g/mol. The quantitative estimate of drug-likeness (QED) is 0.720. The third-order valence-electron chi connectivity index (χ3n) is 4.48. The van der Waals surface area contributed by atoms with Crippen molar-refractivity contribution in [1.82, 2.24) is 5.32 Å². The Morgan fingerprint density at radius 3 is 2.67 bits per heavy atom. The highest BCUT2D eigenvalue weighted by Gasteiger charge is 2.22. The van der Waals surface area contributed by atoms with E-state index in [0.29, 0.717) is 30.2 Å². The van der Waals surface area contributed by atoms with Crippen LogP contribution in [0.4, 0.5) is 4.39 Å². The van der Waals surface area contributed by atoms with Crippen molar-refractivity contribution in [3.8, 4) is 11.5 Å².